The molecule has 0 aliphatic rings. The number of rotatable bonds is 31. The molecular weight excluding hydrogens is 764 g/mol. The third-order valence-corrected chi connectivity index (χ3v) is 7.26. The number of hydrogen-bond acceptors (Lipinski definition) is 14. The first kappa shape index (κ1) is 42.9. The Kier molecular flexibility index (Phi) is 29.9. The summed E-state index contributed by atoms with van der Waals surface area (Å²) in [4.78, 5) is 0. The van der Waals surface area contributed by atoms with Gasteiger partial charge in [-0.25, -0.2) is 0 Å². The van der Waals surface area contributed by atoms with E-state index >= 15 is 0 Å². The monoisotopic (exact) mass is 810 g/mol. The Bertz CT molecular complexity index is 588. The van der Waals surface area contributed by atoms with Crippen molar-refractivity contribution in [2.24, 2.45) is 0 Å². The molecule has 0 aliphatic heterocycles. The minimum Gasteiger partial charge on any atom is -0.390 e. The number of hydrogen-bond donors (Lipinski definition) is 6. The van der Waals surface area contributed by atoms with E-state index in [1.165, 1.54) is 7.11 Å². The van der Waals surface area contributed by atoms with Gasteiger partial charge in [-0.1, -0.05) is 47.8 Å². The zero-order valence-corrected chi connectivity index (χ0v) is 28.8. The van der Waals surface area contributed by atoms with Crippen LogP contribution in [0.25, 0.3) is 0 Å². The van der Waals surface area contributed by atoms with Gasteiger partial charge in [0, 0.05) is 23.1 Å². The zero-order chi connectivity index (χ0) is 31.6. The highest BCUT2D eigenvalue weighted by molar-refractivity contribution is 9.09. The first-order chi connectivity index (χ1) is 20.1. The molecule has 0 aromatic rings. The Balaban J connectivity index is 4.71. The Morgan fingerprint density at radius 1 is 0.381 bits per heavy atom. The van der Waals surface area contributed by atoms with Crippen LogP contribution in [0.15, 0.2) is 0 Å². The van der Waals surface area contributed by atoms with Crippen LogP contribution >= 0.6 is 47.8 Å². The van der Waals surface area contributed by atoms with Crippen LogP contribution in [-0.4, -0.2) is 188 Å². The van der Waals surface area contributed by atoms with E-state index in [0.29, 0.717) is 16.0 Å². The fourth-order valence-electron chi connectivity index (χ4n) is 2.93. The summed E-state index contributed by atoms with van der Waals surface area (Å²) in [6.07, 6.45) is -5.96. The molecule has 14 nitrogen and oxygen atoms in total. The average Bonchev–Trinajstić information content (AvgIpc) is 2.97. The number of ether oxygens (including phenoxy) is 8. The Hall–Kier alpha value is 0.880. The summed E-state index contributed by atoms with van der Waals surface area (Å²) in [5.74, 6) is 0. The Morgan fingerprint density at radius 3 is 1.02 bits per heavy atom. The van der Waals surface area contributed by atoms with Crippen LogP contribution < -0.4 is 0 Å². The summed E-state index contributed by atoms with van der Waals surface area (Å²) >= 11 is 9.41. The van der Waals surface area contributed by atoms with Crippen molar-refractivity contribution in [2.45, 2.75) is 48.8 Å². The summed E-state index contributed by atoms with van der Waals surface area (Å²) in [7, 11) is 1.51. The van der Waals surface area contributed by atoms with Gasteiger partial charge in [0.1, 0.15) is 30.5 Å². The van der Waals surface area contributed by atoms with Gasteiger partial charge in [0.15, 0.2) is 0 Å². The van der Waals surface area contributed by atoms with Gasteiger partial charge in [-0.15, -0.1) is 0 Å². The van der Waals surface area contributed by atoms with Gasteiger partial charge in [0.05, 0.1) is 104 Å². The molecule has 0 aromatic carbocycles. The first-order valence-corrected chi connectivity index (χ1v) is 16.9. The molecule has 0 spiro atoms. The van der Waals surface area contributed by atoms with E-state index in [0.717, 1.165) is 0 Å². The van der Waals surface area contributed by atoms with Gasteiger partial charge >= 0.3 is 0 Å². The molecule has 0 fully saturated rings. The third-order valence-electron chi connectivity index (χ3n) is 5.02. The van der Waals surface area contributed by atoms with E-state index < -0.39 is 48.8 Å². The fourth-order valence-corrected chi connectivity index (χ4v) is 3.50. The van der Waals surface area contributed by atoms with Gasteiger partial charge in [-0.05, 0) is 0 Å². The van der Waals surface area contributed by atoms with E-state index in [1.807, 2.05) is 0 Å². The molecule has 0 aliphatic carbocycles. The molecule has 0 aromatic heterocycles. The largest absolute Gasteiger partial charge is 0.390 e. The van der Waals surface area contributed by atoms with Crippen molar-refractivity contribution in [1.82, 2.24) is 0 Å². The van der Waals surface area contributed by atoms with Gasteiger partial charge in [0.25, 0.3) is 0 Å². The molecule has 8 atom stereocenters. The summed E-state index contributed by atoms with van der Waals surface area (Å²) < 4.78 is 43.7. The minimum absolute atomic E-state index is 0.00219. The van der Waals surface area contributed by atoms with E-state index in [-0.39, 0.29) is 85.9 Å². The highest BCUT2D eigenvalue weighted by Crippen LogP contribution is 2.05. The molecular formula is C25H49Br3O14. The van der Waals surface area contributed by atoms with Crippen LogP contribution in [0.4, 0.5) is 0 Å². The predicted molar refractivity (Wildman–Crippen MR) is 163 cm³/mol. The molecule has 0 radical (unpaired) electrons. The highest BCUT2D eigenvalue weighted by atomic mass is 79.9. The van der Waals surface area contributed by atoms with Crippen molar-refractivity contribution in [3.8, 4) is 0 Å². The van der Waals surface area contributed by atoms with Gasteiger partial charge in [-0.2, -0.15) is 0 Å². The maximum atomic E-state index is 10.2. The number of aliphatic hydroxyl groups excluding tert-OH is 6. The summed E-state index contributed by atoms with van der Waals surface area (Å²) in [6.45, 7) is 0.334. The van der Waals surface area contributed by atoms with Crippen LogP contribution in [0, 0.1) is 0 Å². The number of methoxy groups -OCH3 is 1. The van der Waals surface area contributed by atoms with Crippen molar-refractivity contribution < 1.29 is 68.5 Å². The molecule has 254 valence electrons. The first-order valence-electron chi connectivity index (χ1n) is 13.5. The normalized spacial score (nSPS) is 17.9. The minimum atomic E-state index is -0.965. The lowest BCUT2D eigenvalue weighted by atomic mass is 10.3. The SMILES string of the molecule is COCC(COCC(O)COCC(O)CBr)OCC(COCC(O)COCC(O)CBr)OCC(O)COCC(O)CBr. The average molecular weight is 813 g/mol. The topological polar surface area (TPSA) is 195 Å². The quantitative estimate of drug-likeness (QED) is 0.0459. The lowest BCUT2D eigenvalue weighted by Crippen LogP contribution is -2.36. The smallest absolute Gasteiger partial charge is 0.104 e. The summed E-state index contributed by atoms with van der Waals surface area (Å²) in [6, 6.07) is 0. The van der Waals surface area contributed by atoms with E-state index in [1.54, 1.807) is 0 Å². The second kappa shape index (κ2) is 29.3. The van der Waals surface area contributed by atoms with Crippen molar-refractivity contribution >= 4 is 47.8 Å². The van der Waals surface area contributed by atoms with Gasteiger partial charge < -0.3 is 68.5 Å². The molecule has 0 heterocycles. The van der Waals surface area contributed by atoms with Crippen LogP contribution in [0.3, 0.4) is 0 Å². The molecule has 0 saturated carbocycles. The molecule has 0 bridgehead atoms. The lowest BCUT2D eigenvalue weighted by Gasteiger charge is -2.24. The van der Waals surface area contributed by atoms with E-state index in [9.17, 15) is 30.6 Å². The van der Waals surface area contributed by atoms with Gasteiger partial charge in [-0.3, -0.25) is 0 Å². The molecule has 6 N–H and O–H groups in total. The van der Waals surface area contributed by atoms with Crippen molar-refractivity contribution in [3.05, 3.63) is 0 Å². The molecule has 0 saturated heterocycles. The second-order valence-corrected chi connectivity index (χ2v) is 11.4. The van der Waals surface area contributed by atoms with Gasteiger partial charge in [0.2, 0.25) is 0 Å². The summed E-state index contributed by atoms with van der Waals surface area (Å²) in [5.41, 5.74) is 0. The molecule has 8 unspecified atom stereocenters. The van der Waals surface area contributed by atoms with Crippen LogP contribution in [-0.2, 0) is 37.9 Å². The van der Waals surface area contributed by atoms with Crippen molar-refractivity contribution in [3.63, 3.8) is 0 Å². The fraction of sp³-hybridized carbons (Fsp3) is 1.00. The molecule has 0 rings (SSSR count). The lowest BCUT2D eigenvalue weighted by molar-refractivity contribution is -0.131. The van der Waals surface area contributed by atoms with E-state index in [2.05, 4.69) is 47.8 Å². The van der Waals surface area contributed by atoms with Crippen LogP contribution in [0.5, 0.6) is 0 Å². The zero-order valence-electron chi connectivity index (χ0n) is 24.0. The van der Waals surface area contributed by atoms with Crippen molar-refractivity contribution in [1.29, 1.82) is 0 Å². The van der Waals surface area contributed by atoms with Crippen molar-refractivity contribution in [2.75, 3.05) is 109 Å². The molecule has 0 amide bonds. The predicted octanol–water partition coefficient (Wildman–Crippen LogP) is -1.16. The maximum absolute atomic E-state index is 10.2. The van der Waals surface area contributed by atoms with E-state index in [4.69, 9.17) is 37.9 Å². The third kappa shape index (κ3) is 26.1. The standard InChI is InChI=1S/C25H49Br3O14/c1-35-14-24(15-39-10-21(32)8-36-5-18(29)2-26)42-17-25(41-13-23(34)12-38-7-20(31)4-28)16-40-11-22(33)9-37-6-19(30)3-27/h18-25,29-34H,2-17H2,1H3. The Morgan fingerprint density at radius 2 is 0.667 bits per heavy atom. The number of aliphatic hydroxyl groups is 6. The molecule has 42 heavy (non-hydrogen) atoms. The van der Waals surface area contributed by atoms with Crippen LogP contribution in [0.1, 0.15) is 0 Å². The summed E-state index contributed by atoms with van der Waals surface area (Å²) in [5, 5.41) is 59.9. The molecule has 17 heteroatoms. The maximum Gasteiger partial charge on any atom is 0.104 e. The highest BCUT2D eigenvalue weighted by Gasteiger charge is 2.19. The Labute approximate surface area is 273 Å². The second-order valence-electron chi connectivity index (χ2n) is 9.44. The van der Waals surface area contributed by atoms with Crippen LogP contribution in [0.2, 0.25) is 0 Å². The number of halogens is 3. The number of alkyl halides is 3.